The van der Waals surface area contributed by atoms with Crippen LogP contribution in [0.4, 0.5) is 5.69 Å². The van der Waals surface area contributed by atoms with Crippen molar-refractivity contribution >= 4 is 44.2 Å². The Morgan fingerprint density at radius 3 is 2.53 bits per heavy atom. The van der Waals surface area contributed by atoms with Gasteiger partial charge >= 0.3 is 0 Å². The molecule has 0 heterocycles. The Labute approximate surface area is 127 Å². The van der Waals surface area contributed by atoms with Crippen LogP contribution < -0.4 is 5.32 Å². The Hall–Kier alpha value is 0.230. The zero-order valence-electron chi connectivity index (χ0n) is 10.8. The summed E-state index contributed by atoms with van der Waals surface area (Å²) in [5.74, 6) is 0.791. The summed E-state index contributed by atoms with van der Waals surface area (Å²) in [4.78, 5) is 0. The van der Waals surface area contributed by atoms with Gasteiger partial charge in [0.05, 0.1) is 0 Å². The first-order valence-corrected chi connectivity index (χ1v) is 8.15. The second-order valence-corrected chi connectivity index (χ2v) is 6.64. The highest BCUT2D eigenvalue weighted by atomic mass is 127. The van der Waals surface area contributed by atoms with E-state index in [1.165, 1.54) is 33.0 Å². The molecule has 2 atom stereocenters. The van der Waals surface area contributed by atoms with Gasteiger partial charge in [0, 0.05) is 19.8 Å². The van der Waals surface area contributed by atoms with Crippen molar-refractivity contribution in [2.75, 3.05) is 5.32 Å². The van der Waals surface area contributed by atoms with E-state index >= 15 is 0 Å². The minimum atomic E-state index is 0.580. The standard InChI is InChI=1S/C14H21BrIN/c1-4-10(3)8-11(5-2)17-12-6-7-14(16)13(15)9-12/h6-7,9-11,17H,4-5,8H2,1-3H3. The predicted octanol–water partition coefficient (Wildman–Crippen LogP) is 5.68. The molecule has 0 radical (unpaired) electrons. The van der Waals surface area contributed by atoms with E-state index in [1.54, 1.807) is 0 Å². The van der Waals surface area contributed by atoms with Gasteiger partial charge < -0.3 is 5.32 Å². The van der Waals surface area contributed by atoms with Crippen LogP contribution in [-0.2, 0) is 0 Å². The van der Waals surface area contributed by atoms with Crippen LogP contribution in [0.1, 0.15) is 40.0 Å². The molecule has 0 amide bonds. The van der Waals surface area contributed by atoms with E-state index < -0.39 is 0 Å². The lowest BCUT2D eigenvalue weighted by Gasteiger charge is -2.21. The third-order valence-corrected chi connectivity index (χ3v) is 5.51. The van der Waals surface area contributed by atoms with Gasteiger partial charge in [-0.05, 0) is 75.5 Å². The van der Waals surface area contributed by atoms with E-state index in [1.807, 2.05) is 0 Å². The maximum atomic E-state index is 3.63. The molecule has 0 fully saturated rings. The van der Waals surface area contributed by atoms with Gasteiger partial charge in [-0.25, -0.2) is 0 Å². The summed E-state index contributed by atoms with van der Waals surface area (Å²) in [6.45, 7) is 6.84. The largest absolute Gasteiger partial charge is 0.382 e. The van der Waals surface area contributed by atoms with E-state index in [4.69, 9.17) is 0 Å². The molecule has 0 saturated heterocycles. The average molecular weight is 410 g/mol. The Morgan fingerprint density at radius 1 is 1.29 bits per heavy atom. The molecule has 0 aliphatic heterocycles. The first kappa shape index (κ1) is 15.3. The van der Waals surface area contributed by atoms with Crippen LogP contribution in [0.15, 0.2) is 22.7 Å². The SMILES string of the molecule is CCC(C)CC(CC)Nc1ccc(I)c(Br)c1. The number of hydrogen-bond donors (Lipinski definition) is 1. The minimum absolute atomic E-state index is 0.580. The van der Waals surface area contributed by atoms with Gasteiger partial charge in [-0.1, -0.05) is 27.2 Å². The number of benzene rings is 1. The van der Waals surface area contributed by atoms with Crippen LogP contribution in [0.5, 0.6) is 0 Å². The molecule has 0 aliphatic rings. The molecule has 1 aromatic carbocycles. The van der Waals surface area contributed by atoms with Crippen LogP contribution in [0, 0.1) is 9.49 Å². The normalized spacial score (nSPS) is 14.4. The number of halogens is 2. The molecule has 1 rings (SSSR count). The summed E-state index contributed by atoms with van der Waals surface area (Å²) in [5.41, 5.74) is 1.22. The van der Waals surface area contributed by atoms with E-state index in [-0.39, 0.29) is 0 Å². The molecule has 1 N–H and O–H groups in total. The molecule has 3 heteroatoms. The molecule has 2 unspecified atom stereocenters. The van der Waals surface area contributed by atoms with Gasteiger partial charge in [0.15, 0.2) is 0 Å². The lowest BCUT2D eigenvalue weighted by molar-refractivity contribution is 0.462. The molecule has 0 aliphatic carbocycles. The highest BCUT2D eigenvalue weighted by molar-refractivity contribution is 14.1. The summed E-state index contributed by atoms with van der Waals surface area (Å²) < 4.78 is 2.42. The van der Waals surface area contributed by atoms with Gasteiger partial charge in [-0.2, -0.15) is 0 Å². The van der Waals surface area contributed by atoms with E-state index in [2.05, 4.69) is 82.8 Å². The Kier molecular flexibility index (Phi) is 6.85. The third kappa shape index (κ3) is 5.16. The third-order valence-electron chi connectivity index (χ3n) is 3.17. The lowest BCUT2D eigenvalue weighted by Crippen LogP contribution is -2.21. The van der Waals surface area contributed by atoms with Crippen molar-refractivity contribution in [2.45, 2.75) is 46.1 Å². The molecule has 1 aromatic rings. The van der Waals surface area contributed by atoms with Gasteiger partial charge in [0.2, 0.25) is 0 Å². The van der Waals surface area contributed by atoms with Crippen LogP contribution >= 0.6 is 38.5 Å². The van der Waals surface area contributed by atoms with E-state index in [9.17, 15) is 0 Å². The predicted molar refractivity (Wildman–Crippen MR) is 88.6 cm³/mol. The lowest BCUT2D eigenvalue weighted by atomic mass is 9.97. The number of nitrogens with one attached hydrogen (secondary N) is 1. The quantitative estimate of drug-likeness (QED) is 0.596. The zero-order valence-corrected chi connectivity index (χ0v) is 14.5. The van der Waals surface area contributed by atoms with Crippen LogP contribution in [0.2, 0.25) is 0 Å². The maximum absolute atomic E-state index is 3.63. The van der Waals surface area contributed by atoms with Gasteiger partial charge in [-0.3, -0.25) is 0 Å². The second-order valence-electron chi connectivity index (χ2n) is 4.63. The highest BCUT2D eigenvalue weighted by Gasteiger charge is 2.10. The topological polar surface area (TPSA) is 12.0 Å². The molecule has 0 bridgehead atoms. The van der Waals surface area contributed by atoms with Crippen molar-refractivity contribution < 1.29 is 0 Å². The Bertz CT molecular complexity index is 354. The smallest absolute Gasteiger partial charge is 0.0354 e. The van der Waals surface area contributed by atoms with Crippen molar-refractivity contribution in [1.82, 2.24) is 0 Å². The first-order chi connectivity index (χ1) is 8.06. The summed E-state index contributed by atoms with van der Waals surface area (Å²) in [7, 11) is 0. The molecule has 96 valence electrons. The molecular formula is C14H21BrIN. The van der Waals surface area contributed by atoms with Crippen molar-refractivity contribution in [2.24, 2.45) is 5.92 Å². The fraction of sp³-hybridized carbons (Fsp3) is 0.571. The maximum Gasteiger partial charge on any atom is 0.0354 e. The van der Waals surface area contributed by atoms with Crippen LogP contribution in [0.25, 0.3) is 0 Å². The van der Waals surface area contributed by atoms with E-state index in [0.29, 0.717) is 6.04 Å². The van der Waals surface area contributed by atoms with Crippen LogP contribution in [0.3, 0.4) is 0 Å². The molecule has 0 saturated carbocycles. The first-order valence-electron chi connectivity index (χ1n) is 6.28. The van der Waals surface area contributed by atoms with Crippen LogP contribution in [-0.4, -0.2) is 6.04 Å². The fourth-order valence-corrected chi connectivity index (χ4v) is 2.52. The summed E-state index contributed by atoms with van der Waals surface area (Å²) in [6.07, 6.45) is 3.68. The highest BCUT2D eigenvalue weighted by Crippen LogP contribution is 2.24. The summed E-state index contributed by atoms with van der Waals surface area (Å²) >= 11 is 5.91. The molecular weight excluding hydrogens is 389 g/mol. The summed E-state index contributed by atoms with van der Waals surface area (Å²) in [6, 6.07) is 7.05. The molecule has 0 spiro atoms. The molecule has 1 nitrogen and oxygen atoms in total. The Morgan fingerprint density at radius 2 is 2.00 bits per heavy atom. The fourth-order valence-electron chi connectivity index (χ4n) is 1.80. The van der Waals surface area contributed by atoms with Gasteiger partial charge in [-0.15, -0.1) is 0 Å². The van der Waals surface area contributed by atoms with E-state index in [0.717, 1.165) is 5.92 Å². The number of anilines is 1. The van der Waals surface area contributed by atoms with Crippen molar-refractivity contribution in [3.8, 4) is 0 Å². The zero-order chi connectivity index (χ0) is 12.8. The molecule has 17 heavy (non-hydrogen) atoms. The minimum Gasteiger partial charge on any atom is -0.382 e. The molecule has 0 aromatic heterocycles. The van der Waals surface area contributed by atoms with Gasteiger partial charge in [0.25, 0.3) is 0 Å². The van der Waals surface area contributed by atoms with Gasteiger partial charge in [0.1, 0.15) is 0 Å². The van der Waals surface area contributed by atoms with Crippen molar-refractivity contribution in [3.63, 3.8) is 0 Å². The second kappa shape index (κ2) is 7.62. The average Bonchev–Trinajstić information content (AvgIpc) is 2.32. The monoisotopic (exact) mass is 409 g/mol. The Balaban J connectivity index is 2.63. The number of hydrogen-bond acceptors (Lipinski definition) is 1. The number of rotatable bonds is 6. The van der Waals surface area contributed by atoms with Crippen molar-refractivity contribution in [1.29, 1.82) is 0 Å². The van der Waals surface area contributed by atoms with Crippen molar-refractivity contribution in [3.05, 3.63) is 26.2 Å². The summed E-state index contributed by atoms with van der Waals surface area (Å²) in [5, 5.41) is 3.63.